The van der Waals surface area contributed by atoms with Crippen molar-refractivity contribution in [1.29, 1.82) is 0 Å². The van der Waals surface area contributed by atoms with Gasteiger partial charge >= 0.3 is 0 Å². The Balaban J connectivity index is 1.71. The number of para-hydroxylation sites is 3. The molecule has 36 heavy (non-hydrogen) atoms. The Morgan fingerprint density at radius 2 is 1.33 bits per heavy atom. The first-order valence-electron chi connectivity index (χ1n) is 14.3. The van der Waals surface area contributed by atoms with Crippen LogP contribution in [-0.4, -0.2) is 21.9 Å². The molecule has 7 rings (SSSR count). The Kier molecular flexibility index (Phi) is 3.26. The molecule has 0 atom stereocenters. The summed E-state index contributed by atoms with van der Waals surface area (Å²) >= 11 is 0. The Morgan fingerprint density at radius 3 is 2.03 bits per heavy atom. The van der Waals surface area contributed by atoms with E-state index < -0.39 is 40.2 Å². The number of benzene rings is 4. The number of hydrogen-bond donors (Lipinski definition) is 0. The molecule has 5 nitrogen and oxygen atoms in total. The van der Waals surface area contributed by atoms with Gasteiger partial charge in [0.2, 0.25) is 0 Å². The van der Waals surface area contributed by atoms with Crippen LogP contribution in [0.2, 0.25) is 0 Å². The molecule has 174 valence electrons. The van der Waals surface area contributed by atoms with Crippen LogP contribution >= 0.6 is 0 Å². The maximum Gasteiger partial charge on any atom is 0.268 e. The van der Waals surface area contributed by atoms with Gasteiger partial charge in [-0.1, -0.05) is 72.2 Å². The first-order chi connectivity index (χ1) is 20.0. The highest BCUT2D eigenvalue weighted by Crippen LogP contribution is 2.35. The fourth-order valence-corrected chi connectivity index (χ4v) is 6.18. The van der Waals surface area contributed by atoms with Crippen LogP contribution in [0.25, 0.3) is 49.6 Å². The first kappa shape index (κ1) is 15.5. The predicted octanol–water partition coefficient (Wildman–Crippen LogP) is 6.83. The minimum absolute atomic E-state index is 0.0455. The number of aromatic nitrogens is 3. The lowest BCUT2D eigenvalue weighted by molar-refractivity contribution is 0.590. The van der Waals surface area contributed by atoms with Crippen molar-refractivity contribution >= 4 is 53.8 Å². The first-order valence-corrected chi connectivity index (χ1v) is 12.7. The SMILES string of the molecule is [2H]c1c([2H])c([2H])c2c(c1[2H])c1nc(-n3c4ccccc4c4ccccc43)c([2H])c([2H])c1n2S(=O)(=O)c1ccc(C)cc1. The third kappa shape index (κ3) is 2.88. The molecule has 3 heterocycles. The van der Waals surface area contributed by atoms with Gasteiger partial charge in [0.15, 0.2) is 0 Å². The van der Waals surface area contributed by atoms with Gasteiger partial charge in [-0.15, -0.1) is 0 Å². The predicted molar refractivity (Wildman–Crippen MR) is 145 cm³/mol. The summed E-state index contributed by atoms with van der Waals surface area (Å²) in [6, 6.07) is 18.1. The van der Waals surface area contributed by atoms with Gasteiger partial charge in [0.25, 0.3) is 10.0 Å². The molecule has 0 saturated heterocycles. The number of aryl methyl sites for hydroxylation is 1. The number of rotatable bonds is 3. The molecule has 0 N–H and O–H groups in total. The lowest BCUT2D eigenvalue weighted by Crippen LogP contribution is -2.12. The Labute approximate surface area is 216 Å². The van der Waals surface area contributed by atoms with E-state index in [0.29, 0.717) is 0 Å². The van der Waals surface area contributed by atoms with E-state index in [-0.39, 0.29) is 38.7 Å². The molecule has 0 fully saturated rings. The molecule has 0 aliphatic rings. The smallest absolute Gasteiger partial charge is 0.268 e. The van der Waals surface area contributed by atoms with Gasteiger partial charge in [-0.25, -0.2) is 17.4 Å². The van der Waals surface area contributed by atoms with Crippen LogP contribution in [0.3, 0.4) is 0 Å². The Morgan fingerprint density at radius 1 is 0.694 bits per heavy atom. The molecule has 6 heteroatoms. The minimum atomic E-state index is -4.49. The average Bonchev–Trinajstić information content (AvgIpc) is 3.51. The summed E-state index contributed by atoms with van der Waals surface area (Å²) in [5, 5.41) is 1.65. The summed E-state index contributed by atoms with van der Waals surface area (Å²) in [7, 11) is -4.49. The number of hydrogen-bond acceptors (Lipinski definition) is 3. The second kappa shape index (κ2) is 7.54. The maximum atomic E-state index is 14.2. The molecule has 0 unspecified atom stereocenters. The van der Waals surface area contributed by atoms with E-state index in [1.54, 1.807) is 16.7 Å². The molecular weight excluding hydrogens is 466 g/mol. The zero-order valence-electron chi connectivity index (χ0n) is 25.0. The van der Waals surface area contributed by atoms with Crippen molar-refractivity contribution in [2.75, 3.05) is 0 Å². The summed E-state index contributed by atoms with van der Waals surface area (Å²) in [5.74, 6) is 0.0455. The lowest BCUT2D eigenvalue weighted by atomic mass is 10.2. The highest BCUT2D eigenvalue weighted by Gasteiger charge is 2.24. The van der Waals surface area contributed by atoms with Crippen LogP contribution < -0.4 is 0 Å². The van der Waals surface area contributed by atoms with E-state index in [1.807, 2.05) is 55.5 Å². The van der Waals surface area contributed by atoms with E-state index in [0.717, 1.165) is 31.3 Å². The van der Waals surface area contributed by atoms with Crippen LogP contribution in [0.15, 0.2) is 114 Å². The number of fused-ring (bicyclic) bond motifs is 6. The van der Waals surface area contributed by atoms with Crippen LogP contribution in [0.4, 0.5) is 0 Å². The zero-order valence-corrected chi connectivity index (χ0v) is 19.8. The van der Waals surface area contributed by atoms with Crippen molar-refractivity contribution < 1.29 is 16.6 Å². The van der Waals surface area contributed by atoms with Crippen molar-refractivity contribution in [1.82, 2.24) is 13.5 Å². The second-order valence-electron chi connectivity index (χ2n) is 8.56. The quantitative estimate of drug-likeness (QED) is 0.271. The lowest BCUT2D eigenvalue weighted by Gasteiger charge is -2.10. The minimum Gasteiger partial charge on any atom is -0.294 e. The van der Waals surface area contributed by atoms with Gasteiger partial charge in [-0.3, -0.25) is 4.57 Å². The van der Waals surface area contributed by atoms with Crippen molar-refractivity contribution in [2.24, 2.45) is 0 Å². The summed E-state index contributed by atoms with van der Waals surface area (Å²) in [6.45, 7) is 1.81. The largest absolute Gasteiger partial charge is 0.294 e. The maximum absolute atomic E-state index is 14.2. The molecular formula is C30H21N3O2S. The van der Waals surface area contributed by atoms with Gasteiger partial charge in [0.05, 0.1) is 40.7 Å². The monoisotopic (exact) mass is 493 g/mol. The molecule has 3 aromatic heterocycles. The van der Waals surface area contributed by atoms with Crippen molar-refractivity contribution in [3.05, 3.63) is 115 Å². The third-order valence-electron chi connectivity index (χ3n) is 6.40. The molecule has 7 aromatic rings. The summed E-state index contributed by atoms with van der Waals surface area (Å²) in [6.07, 6.45) is 0. The number of nitrogens with zero attached hydrogens (tertiary/aromatic N) is 3. The van der Waals surface area contributed by atoms with Gasteiger partial charge in [0.1, 0.15) is 5.82 Å². The summed E-state index contributed by atoms with van der Waals surface area (Å²) in [4.78, 5) is 4.62. The highest BCUT2D eigenvalue weighted by atomic mass is 32.2. The average molecular weight is 494 g/mol. The molecule has 0 bridgehead atoms. The second-order valence-corrected chi connectivity index (χ2v) is 10.3. The fourth-order valence-electron chi connectivity index (χ4n) is 4.74. The molecule has 0 saturated carbocycles. The summed E-state index contributed by atoms with van der Waals surface area (Å²) in [5.41, 5.74) is 1.55. The van der Waals surface area contributed by atoms with Crippen LogP contribution in [0.1, 0.15) is 13.8 Å². The van der Waals surface area contributed by atoms with Crippen molar-refractivity contribution in [3.63, 3.8) is 0 Å². The van der Waals surface area contributed by atoms with E-state index >= 15 is 0 Å². The van der Waals surface area contributed by atoms with Crippen molar-refractivity contribution in [2.45, 2.75) is 11.8 Å². The normalized spacial score (nSPS) is 14.6. The van der Waals surface area contributed by atoms with Gasteiger partial charge in [-0.05, 0) is 49.3 Å². The molecule has 0 amide bonds. The standard InChI is InChI=1S/C30H21N3O2S/c1-20-14-16-21(17-15-20)36(34,35)33-27-13-7-4-10-24(27)30-28(33)18-19-29(31-30)32-25-11-5-2-8-22(25)23-9-3-6-12-26(23)32/h2-19H,1H3/i4D,7D,10D,13D,18D,19D. The molecule has 0 aliphatic heterocycles. The summed E-state index contributed by atoms with van der Waals surface area (Å²) < 4.78 is 83.0. The Hall–Kier alpha value is -4.42. The third-order valence-corrected chi connectivity index (χ3v) is 8.11. The van der Waals surface area contributed by atoms with Crippen LogP contribution in [0.5, 0.6) is 0 Å². The Bertz CT molecular complexity index is 2340. The van der Waals surface area contributed by atoms with E-state index in [4.69, 9.17) is 13.2 Å². The van der Waals surface area contributed by atoms with E-state index in [9.17, 15) is 8.42 Å². The van der Waals surface area contributed by atoms with Crippen LogP contribution in [0, 0.1) is 6.92 Å². The zero-order chi connectivity index (χ0) is 29.7. The van der Waals surface area contributed by atoms with Gasteiger partial charge in [0, 0.05) is 16.2 Å². The van der Waals surface area contributed by atoms with Gasteiger partial charge < -0.3 is 0 Å². The van der Waals surface area contributed by atoms with Crippen LogP contribution in [-0.2, 0) is 10.0 Å². The highest BCUT2D eigenvalue weighted by molar-refractivity contribution is 7.90. The topological polar surface area (TPSA) is 56.9 Å². The van der Waals surface area contributed by atoms with Crippen molar-refractivity contribution in [3.8, 4) is 5.82 Å². The molecule has 0 radical (unpaired) electrons. The van der Waals surface area contributed by atoms with E-state index in [2.05, 4.69) is 0 Å². The molecule has 0 spiro atoms. The van der Waals surface area contributed by atoms with Gasteiger partial charge in [-0.2, -0.15) is 0 Å². The number of pyridine rings is 1. The fraction of sp³-hybridized carbons (Fsp3) is 0.0333. The van der Waals surface area contributed by atoms with E-state index in [1.165, 1.54) is 12.1 Å². The molecule has 0 aliphatic carbocycles. The molecule has 4 aromatic carbocycles.